The standard InChI is InChI=1S/C24H25F3N4O5S/c1-15-19(28-10-9-21(15)36-14-24(25,26)27)13-37(34)22-29-18-7-3-4-8-20(18)31(22)23(33)30-11-5-6-17(30)12-35-16(2)32/h3-4,7-10,17H,5-6,11-14H2,1-2H3/t17-,37-/m0/s1. The highest BCUT2D eigenvalue weighted by molar-refractivity contribution is 7.84. The largest absolute Gasteiger partial charge is 0.484 e. The number of para-hydroxylation sites is 2. The van der Waals surface area contributed by atoms with Gasteiger partial charge in [-0.1, -0.05) is 12.1 Å². The molecular formula is C24H25F3N4O5S. The fourth-order valence-corrected chi connectivity index (χ4v) is 5.40. The van der Waals surface area contributed by atoms with Gasteiger partial charge in [-0.2, -0.15) is 13.2 Å². The SMILES string of the molecule is CC(=O)OC[C@@H]1CCCN1C(=O)n1c([S@@](=O)Cc2nccc(OCC(F)(F)F)c2C)nc2ccccc21. The van der Waals surface area contributed by atoms with Gasteiger partial charge in [-0.3, -0.25) is 14.0 Å². The van der Waals surface area contributed by atoms with Crippen LogP contribution in [0.1, 0.15) is 31.0 Å². The number of hydrogen-bond acceptors (Lipinski definition) is 7. The van der Waals surface area contributed by atoms with E-state index in [-0.39, 0.29) is 35.0 Å². The third kappa shape index (κ3) is 6.09. The molecule has 1 aliphatic rings. The molecule has 4 rings (SSSR count). The van der Waals surface area contributed by atoms with Gasteiger partial charge in [-0.15, -0.1) is 0 Å². The van der Waals surface area contributed by atoms with Crippen LogP contribution in [0, 0.1) is 6.92 Å². The Bertz CT molecular complexity index is 1340. The zero-order valence-corrected chi connectivity index (χ0v) is 21.0. The fraction of sp³-hybridized carbons (Fsp3) is 0.417. The zero-order valence-electron chi connectivity index (χ0n) is 20.2. The third-order valence-corrected chi connectivity index (χ3v) is 7.16. The second-order valence-corrected chi connectivity index (χ2v) is 9.91. The van der Waals surface area contributed by atoms with Crippen molar-refractivity contribution in [1.82, 2.24) is 19.4 Å². The number of likely N-dealkylation sites (tertiary alicyclic amines) is 1. The lowest BCUT2D eigenvalue weighted by Gasteiger charge is -2.25. The van der Waals surface area contributed by atoms with Crippen LogP contribution in [-0.2, 0) is 26.1 Å². The number of fused-ring (bicyclic) bond motifs is 1. The number of aromatic nitrogens is 3. The first kappa shape index (κ1) is 26.6. The van der Waals surface area contributed by atoms with Gasteiger partial charge in [-0.25, -0.2) is 14.3 Å². The molecule has 0 spiro atoms. The van der Waals surface area contributed by atoms with Crippen molar-refractivity contribution in [2.75, 3.05) is 19.8 Å². The lowest BCUT2D eigenvalue weighted by atomic mass is 10.2. The minimum atomic E-state index is -4.51. The average molecular weight is 539 g/mol. The first-order chi connectivity index (χ1) is 17.5. The monoisotopic (exact) mass is 538 g/mol. The van der Waals surface area contributed by atoms with Gasteiger partial charge in [-0.05, 0) is 38.0 Å². The maximum absolute atomic E-state index is 13.7. The second kappa shape index (κ2) is 10.9. The minimum absolute atomic E-state index is 0.00727. The van der Waals surface area contributed by atoms with Crippen LogP contribution in [0.3, 0.4) is 0 Å². The van der Waals surface area contributed by atoms with E-state index in [1.54, 1.807) is 29.2 Å². The van der Waals surface area contributed by atoms with Crippen LogP contribution < -0.4 is 4.74 Å². The van der Waals surface area contributed by atoms with Crippen LogP contribution in [0.4, 0.5) is 18.0 Å². The summed E-state index contributed by atoms with van der Waals surface area (Å²) in [6.45, 7) is 1.85. The third-order valence-electron chi connectivity index (χ3n) is 5.94. The maximum atomic E-state index is 13.7. The van der Waals surface area contributed by atoms with E-state index in [2.05, 4.69) is 9.97 Å². The van der Waals surface area contributed by atoms with Crippen molar-refractivity contribution in [3.63, 3.8) is 0 Å². The Morgan fingerprint density at radius 3 is 2.70 bits per heavy atom. The fourth-order valence-electron chi connectivity index (χ4n) is 4.15. The number of carbonyl (C=O) groups excluding carboxylic acids is 2. The molecule has 1 aliphatic heterocycles. The van der Waals surface area contributed by atoms with E-state index in [1.807, 2.05) is 0 Å². The van der Waals surface area contributed by atoms with Crippen LogP contribution in [0.15, 0.2) is 41.7 Å². The molecule has 13 heteroatoms. The van der Waals surface area contributed by atoms with Crippen molar-refractivity contribution in [3.8, 4) is 5.75 Å². The lowest BCUT2D eigenvalue weighted by Crippen LogP contribution is -2.41. The van der Waals surface area contributed by atoms with Gasteiger partial charge in [0, 0.05) is 25.2 Å². The van der Waals surface area contributed by atoms with Crippen LogP contribution in [0.2, 0.25) is 0 Å². The smallest absolute Gasteiger partial charge is 0.422 e. The Labute approximate surface area is 213 Å². The number of amides is 1. The Morgan fingerprint density at radius 2 is 1.97 bits per heavy atom. The number of alkyl halides is 3. The van der Waals surface area contributed by atoms with E-state index >= 15 is 0 Å². The molecule has 1 fully saturated rings. The number of pyridine rings is 1. The van der Waals surface area contributed by atoms with Gasteiger partial charge < -0.3 is 14.4 Å². The quantitative estimate of drug-likeness (QED) is 0.419. The highest BCUT2D eigenvalue weighted by atomic mass is 32.2. The Balaban J connectivity index is 1.64. The van der Waals surface area contributed by atoms with E-state index in [4.69, 9.17) is 9.47 Å². The van der Waals surface area contributed by atoms with Gasteiger partial charge in [0.1, 0.15) is 12.4 Å². The number of imidazole rings is 1. The van der Waals surface area contributed by atoms with Crippen molar-refractivity contribution in [2.24, 2.45) is 0 Å². The molecule has 0 saturated carbocycles. The van der Waals surface area contributed by atoms with Crippen LogP contribution >= 0.6 is 0 Å². The van der Waals surface area contributed by atoms with Gasteiger partial charge in [0.2, 0.25) is 5.16 Å². The molecule has 0 unspecified atom stereocenters. The molecule has 1 aromatic carbocycles. The predicted molar refractivity (Wildman–Crippen MR) is 128 cm³/mol. The normalized spacial score (nSPS) is 16.7. The number of carbonyl (C=O) groups is 2. The Hall–Kier alpha value is -3.48. The van der Waals surface area contributed by atoms with E-state index < -0.39 is 35.6 Å². The van der Waals surface area contributed by atoms with Crippen molar-refractivity contribution in [3.05, 3.63) is 47.8 Å². The summed E-state index contributed by atoms with van der Waals surface area (Å²) < 4.78 is 62.6. The first-order valence-corrected chi connectivity index (χ1v) is 12.8. The molecule has 2 atom stereocenters. The number of halogens is 3. The minimum Gasteiger partial charge on any atom is -0.484 e. The molecular weight excluding hydrogens is 513 g/mol. The summed E-state index contributed by atoms with van der Waals surface area (Å²) in [5, 5.41) is -0.00727. The van der Waals surface area contributed by atoms with Crippen LogP contribution in [0.5, 0.6) is 5.75 Å². The lowest BCUT2D eigenvalue weighted by molar-refractivity contribution is -0.153. The van der Waals surface area contributed by atoms with Crippen molar-refractivity contribution in [2.45, 2.75) is 49.8 Å². The van der Waals surface area contributed by atoms with Crippen LogP contribution in [-0.4, -0.2) is 67.6 Å². The van der Waals surface area contributed by atoms with Crippen molar-refractivity contribution < 1.29 is 36.4 Å². The van der Waals surface area contributed by atoms with Gasteiger partial charge in [0.05, 0.1) is 39.3 Å². The van der Waals surface area contributed by atoms with Gasteiger partial charge in [0.25, 0.3) is 0 Å². The molecule has 9 nitrogen and oxygen atoms in total. The number of rotatable bonds is 7. The van der Waals surface area contributed by atoms with Crippen molar-refractivity contribution >= 4 is 33.8 Å². The summed E-state index contributed by atoms with van der Waals surface area (Å²) in [5.74, 6) is -0.657. The molecule has 0 N–H and O–H groups in total. The number of hydrogen-bond donors (Lipinski definition) is 0. The number of ether oxygens (including phenoxy) is 2. The predicted octanol–water partition coefficient (Wildman–Crippen LogP) is 3.98. The van der Waals surface area contributed by atoms with Crippen LogP contribution in [0.25, 0.3) is 11.0 Å². The molecule has 3 heterocycles. The summed E-state index contributed by atoms with van der Waals surface area (Å²) in [6, 6.07) is 7.38. The number of esters is 1. The van der Waals surface area contributed by atoms with E-state index in [1.165, 1.54) is 30.7 Å². The number of nitrogens with zero attached hydrogens (tertiary/aromatic N) is 4. The molecule has 0 radical (unpaired) electrons. The molecule has 0 aliphatic carbocycles. The second-order valence-electron chi connectivity index (χ2n) is 8.57. The summed E-state index contributed by atoms with van der Waals surface area (Å²) in [6.07, 6.45) is -1.86. The summed E-state index contributed by atoms with van der Waals surface area (Å²) in [7, 11) is -1.88. The Kier molecular flexibility index (Phi) is 7.81. The molecule has 2 aromatic heterocycles. The Morgan fingerprint density at radius 1 is 1.22 bits per heavy atom. The molecule has 37 heavy (non-hydrogen) atoms. The average Bonchev–Trinajstić information content (AvgIpc) is 3.47. The molecule has 3 aromatic rings. The molecule has 1 saturated heterocycles. The van der Waals surface area contributed by atoms with E-state index in [0.29, 0.717) is 29.6 Å². The first-order valence-electron chi connectivity index (χ1n) is 11.5. The topological polar surface area (TPSA) is 104 Å². The van der Waals surface area contributed by atoms with Crippen molar-refractivity contribution in [1.29, 1.82) is 0 Å². The maximum Gasteiger partial charge on any atom is 0.422 e. The van der Waals surface area contributed by atoms with E-state index in [0.717, 1.165) is 6.42 Å². The highest BCUT2D eigenvalue weighted by Crippen LogP contribution is 2.27. The summed E-state index contributed by atoms with van der Waals surface area (Å²) in [4.78, 5) is 35.2. The van der Waals surface area contributed by atoms with E-state index in [9.17, 15) is 27.0 Å². The molecule has 1 amide bonds. The van der Waals surface area contributed by atoms with Gasteiger partial charge >= 0.3 is 18.2 Å². The molecule has 0 bridgehead atoms. The molecule has 198 valence electrons. The van der Waals surface area contributed by atoms with Gasteiger partial charge in [0.15, 0.2) is 6.61 Å². The summed E-state index contributed by atoms with van der Waals surface area (Å²) >= 11 is 0. The number of benzene rings is 1. The zero-order chi connectivity index (χ0) is 26.7. The highest BCUT2D eigenvalue weighted by Gasteiger charge is 2.34. The summed E-state index contributed by atoms with van der Waals surface area (Å²) in [5.41, 5.74) is 1.50.